The van der Waals surface area contributed by atoms with Crippen LogP contribution in [0.15, 0.2) is 243 Å². The van der Waals surface area contributed by atoms with Crippen LogP contribution in [0.1, 0.15) is 49.9 Å². The van der Waals surface area contributed by atoms with Crippen molar-refractivity contribution >= 4 is 65.2 Å². The van der Waals surface area contributed by atoms with E-state index in [2.05, 4.69) is 279 Å². The molecule has 14 aromatic rings. The van der Waals surface area contributed by atoms with E-state index in [1.165, 1.54) is 143 Å². The van der Waals surface area contributed by atoms with Gasteiger partial charge in [-0.25, -0.2) is 0 Å². The Morgan fingerprint density at radius 1 is 0.237 bits per heavy atom. The fraction of sp³-hybridized carbons (Fsp3) is 0.0811. The van der Waals surface area contributed by atoms with Gasteiger partial charge in [0, 0.05) is 43.7 Å². The van der Waals surface area contributed by atoms with E-state index < -0.39 is 0 Å². The molecule has 0 bridgehead atoms. The fourth-order valence-electron chi connectivity index (χ4n) is 13.7. The first-order chi connectivity index (χ1) is 37.2. The van der Waals surface area contributed by atoms with Gasteiger partial charge in [0.15, 0.2) is 0 Å². The van der Waals surface area contributed by atoms with E-state index in [1.54, 1.807) is 0 Å². The minimum absolute atomic E-state index is 0.0799. The average molecular weight is 969 g/mol. The van der Waals surface area contributed by atoms with Gasteiger partial charge in [-0.05, 0) is 184 Å². The standard InChI is InChI=1S/C74H52N2/c1-73(2)65-19-11-9-17-57(65)59-31-23-53(43-67(59)73)51-27-35-71-63(41-51)61-39-49(25-33-69(61)75(71)55-29-21-45-13-5-7-15-47(45)37-55)50-26-34-70-62(40-50)64-42-52(28-36-72(64)76(70)56-30-22-46-14-6-8-16-48(46)38-56)54-24-32-60-58-18-10-12-20-66(58)74(3,4)68(60)44-54/h5-44H,1-4H3. The fourth-order valence-corrected chi connectivity index (χ4v) is 13.7. The number of rotatable bonds is 5. The van der Waals surface area contributed by atoms with E-state index in [4.69, 9.17) is 0 Å². The van der Waals surface area contributed by atoms with Crippen molar-refractivity contribution in [1.82, 2.24) is 9.13 Å². The lowest BCUT2D eigenvalue weighted by molar-refractivity contribution is 0.660. The van der Waals surface area contributed by atoms with Crippen LogP contribution in [-0.4, -0.2) is 9.13 Å². The number of hydrogen-bond donors (Lipinski definition) is 0. The molecule has 0 radical (unpaired) electrons. The molecule has 76 heavy (non-hydrogen) atoms. The van der Waals surface area contributed by atoms with Gasteiger partial charge in [-0.15, -0.1) is 0 Å². The molecule has 2 heterocycles. The summed E-state index contributed by atoms with van der Waals surface area (Å²) in [5, 5.41) is 9.90. The van der Waals surface area contributed by atoms with Crippen LogP contribution in [0.4, 0.5) is 0 Å². The van der Waals surface area contributed by atoms with Crippen LogP contribution in [0.3, 0.4) is 0 Å². The summed E-state index contributed by atoms with van der Waals surface area (Å²) in [7, 11) is 0. The maximum absolute atomic E-state index is 2.47. The van der Waals surface area contributed by atoms with Gasteiger partial charge >= 0.3 is 0 Å². The van der Waals surface area contributed by atoms with Gasteiger partial charge in [0.25, 0.3) is 0 Å². The van der Waals surface area contributed by atoms with Crippen molar-refractivity contribution in [2.24, 2.45) is 0 Å². The molecular formula is C74H52N2. The molecule has 358 valence electrons. The molecule has 0 aliphatic heterocycles. The summed E-state index contributed by atoms with van der Waals surface area (Å²) < 4.78 is 4.93. The summed E-state index contributed by atoms with van der Waals surface area (Å²) in [6.07, 6.45) is 0. The summed E-state index contributed by atoms with van der Waals surface area (Å²) >= 11 is 0. The smallest absolute Gasteiger partial charge is 0.0541 e. The van der Waals surface area contributed by atoms with Crippen LogP contribution < -0.4 is 0 Å². The highest BCUT2D eigenvalue weighted by Gasteiger charge is 2.36. The quantitative estimate of drug-likeness (QED) is 0.163. The van der Waals surface area contributed by atoms with Crippen LogP contribution in [0.2, 0.25) is 0 Å². The predicted molar refractivity (Wildman–Crippen MR) is 322 cm³/mol. The van der Waals surface area contributed by atoms with Gasteiger partial charge in [-0.2, -0.15) is 0 Å². The number of benzene rings is 12. The first-order valence-corrected chi connectivity index (χ1v) is 26.8. The van der Waals surface area contributed by atoms with E-state index in [9.17, 15) is 0 Å². The van der Waals surface area contributed by atoms with Crippen molar-refractivity contribution in [3.8, 4) is 67.0 Å². The lowest BCUT2D eigenvalue weighted by Gasteiger charge is -2.22. The number of fused-ring (bicyclic) bond motifs is 14. The van der Waals surface area contributed by atoms with Gasteiger partial charge in [0.1, 0.15) is 0 Å². The Labute approximate surface area is 442 Å². The number of nitrogens with zero attached hydrogens (tertiary/aromatic N) is 2. The molecule has 0 N–H and O–H groups in total. The molecule has 0 saturated carbocycles. The molecule has 12 aromatic carbocycles. The third-order valence-corrected chi connectivity index (χ3v) is 17.7. The largest absolute Gasteiger partial charge is 0.309 e. The highest BCUT2D eigenvalue weighted by Crippen LogP contribution is 2.52. The van der Waals surface area contributed by atoms with Gasteiger partial charge in [0.2, 0.25) is 0 Å². The minimum Gasteiger partial charge on any atom is -0.309 e. The van der Waals surface area contributed by atoms with E-state index in [0.717, 1.165) is 11.4 Å². The first-order valence-electron chi connectivity index (χ1n) is 26.8. The van der Waals surface area contributed by atoms with Gasteiger partial charge in [0.05, 0.1) is 22.1 Å². The van der Waals surface area contributed by atoms with E-state index in [-0.39, 0.29) is 10.8 Å². The molecule has 2 aliphatic carbocycles. The van der Waals surface area contributed by atoms with Gasteiger partial charge < -0.3 is 9.13 Å². The summed E-state index contributed by atoms with van der Waals surface area (Å²) in [6.45, 7) is 9.48. The zero-order valence-corrected chi connectivity index (χ0v) is 43.0. The Bertz CT molecular complexity index is 4510. The normalized spacial score (nSPS) is 14.0. The summed E-state index contributed by atoms with van der Waals surface area (Å²) in [5.41, 5.74) is 25.2. The zero-order chi connectivity index (χ0) is 50.6. The molecule has 0 atom stereocenters. The van der Waals surface area contributed by atoms with Crippen molar-refractivity contribution in [1.29, 1.82) is 0 Å². The van der Waals surface area contributed by atoms with Crippen molar-refractivity contribution in [2.45, 2.75) is 38.5 Å². The SMILES string of the molecule is CC1(C)c2ccccc2-c2ccc(-c3ccc4c(c3)c3cc(-c5ccc6c(c5)c5cc(-c7ccc8c(c7)C(C)(C)c7ccccc7-8)ccc5n6-c5ccc6ccccc6c5)ccc3n4-c3ccc4ccccc4c3)cc21. The average Bonchev–Trinajstić information content (AvgIpc) is 4.17. The third-order valence-electron chi connectivity index (χ3n) is 17.7. The molecule has 2 aliphatic rings. The maximum atomic E-state index is 2.47. The Balaban J connectivity index is 0.884. The van der Waals surface area contributed by atoms with Crippen LogP contribution in [0.25, 0.3) is 132 Å². The summed E-state index contributed by atoms with van der Waals surface area (Å²) in [4.78, 5) is 0. The molecule has 2 nitrogen and oxygen atoms in total. The Kier molecular flexibility index (Phi) is 8.89. The second-order valence-electron chi connectivity index (χ2n) is 22.5. The Morgan fingerprint density at radius 2 is 0.539 bits per heavy atom. The topological polar surface area (TPSA) is 9.86 Å². The monoisotopic (exact) mass is 968 g/mol. The Hall–Kier alpha value is -9.24. The molecule has 0 fully saturated rings. The highest BCUT2D eigenvalue weighted by atomic mass is 15.0. The van der Waals surface area contributed by atoms with Crippen LogP contribution in [-0.2, 0) is 10.8 Å². The number of aromatic nitrogens is 2. The van der Waals surface area contributed by atoms with Crippen molar-refractivity contribution < 1.29 is 0 Å². The van der Waals surface area contributed by atoms with Gasteiger partial charge in [-0.3, -0.25) is 0 Å². The summed E-state index contributed by atoms with van der Waals surface area (Å²) in [5.74, 6) is 0. The highest BCUT2D eigenvalue weighted by molar-refractivity contribution is 6.14. The van der Waals surface area contributed by atoms with E-state index in [1.807, 2.05) is 0 Å². The molecule has 0 spiro atoms. The molecule has 16 rings (SSSR count). The van der Waals surface area contributed by atoms with Crippen LogP contribution >= 0.6 is 0 Å². The lowest BCUT2D eigenvalue weighted by Crippen LogP contribution is -2.14. The van der Waals surface area contributed by atoms with Crippen molar-refractivity contribution in [2.75, 3.05) is 0 Å². The number of hydrogen-bond acceptors (Lipinski definition) is 0. The molecule has 0 saturated heterocycles. The van der Waals surface area contributed by atoms with Crippen molar-refractivity contribution in [3.63, 3.8) is 0 Å². The molecule has 2 heteroatoms. The van der Waals surface area contributed by atoms with Crippen LogP contribution in [0.5, 0.6) is 0 Å². The molecule has 0 amide bonds. The lowest BCUT2D eigenvalue weighted by atomic mass is 9.81. The minimum atomic E-state index is -0.0799. The molecule has 0 unspecified atom stereocenters. The van der Waals surface area contributed by atoms with E-state index in [0.29, 0.717) is 0 Å². The third kappa shape index (κ3) is 6.16. The first kappa shape index (κ1) is 43.2. The second-order valence-corrected chi connectivity index (χ2v) is 22.5. The predicted octanol–water partition coefficient (Wildman–Crippen LogP) is 19.8. The molecular weight excluding hydrogens is 917 g/mol. The second kappa shape index (κ2) is 15.6. The molecule has 2 aromatic heterocycles. The van der Waals surface area contributed by atoms with Crippen molar-refractivity contribution in [3.05, 3.63) is 265 Å². The van der Waals surface area contributed by atoms with Gasteiger partial charge in [-0.1, -0.05) is 185 Å². The van der Waals surface area contributed by atoms with E-state index >= 15 is 0 Å². The maximum Gasteiger partial charge on any atom is 0.0541 e. The Morgan fingerprint density at radius 3 is 0.921 bits per heavy atom. The summed E-state index contributed by atoms with van der Waals surface area (Å²) in [6, 6.07) is 91.7. The van der Waals surface area contributed by atoms with Crippen LogP contribution in [0, 0.1) is 0 Å². The zero-order valence-electron chi connectivity index (χ0n) is 43.0.